The van der Waals surface area contributed by atoms with Crippen molar-refractivity contribution in [1.82, 2.24) is 19.8 Å². The lowest BCUT2D eigenvalue weighted by molar-refractivity contribution is -0.134. The van der Waals surface area contributed by atoms with Gasteiger partial charge in [-0.1, -0.05) is 13.8 Å². The van der Waals surface area contributed by atoms with Crippen molar-refractivity contribution in [3.63, 3.8) is 0 Å². The summed E-state index contributed by atoms with van der Waals surface area (Å²) < 4.78 is 32.6. The molecule has 164 valence electrons. The van der Waals surface area contributed by atoms with E-state index in [9.17, 15) is 13.2 Å². The number of nitrogens with one attached hydrogen (secondary N) is 2. The van der Waals surface area contributed by atoms with Gasteiger partial charge in [-0.25, -0.2) is 18.9 Å². The molecule has 0 aliphatic heterocycles. The van der Waals surface area contributed by atoms with Crippen LogP contribution in [0.1, 0.15) is 13.8 Å². The maximum absolute atomic E-state index is 12.9. The molecule has 1 amide bonds. The first-order valence-electron chi connectivity index (χ1n) is 9.53. The van der Waals surface area contributed by atoms with Crippen LogP contribution in [0.25, 0.3) is 11.4 Å². The van der Waals surface area contributed by atoms with Crippen molar-refractivity contribution < 1.29 is 23.2 Å². The second-order valence-electron chi connectivity index (χ2n) is 7.22. The number of H-pyrrole nitrogens is 1. The summed E-state index contributed by atoms with van der Waals surface area (Å²) >= 11 is 0. The number of benzene rings is 2. The molecule has 10 heteroatoms. The van der Waals surface area contributed by atoms with Crippen molar-refractivity contribution in [2.24, 2.45) is 5.92 Å². The van der Waals surface area contributed by atoms with E-state index in [0.29, 0.717) is 11.5 Å². The average molecular weight is 445 g/mol. The minimum absolute atomic E-state index is 0.00640. The van der Waals surface area contributed by atoms with Gasteiger partial charge >= 0.3 is 0 Å². The Morgan fingerprint density at radius 1 is 1.10 bits per heavy atom. The van der Waals surface area contributed by atoms with Crippen LogP contribution >= 0.6 is 0 Å². The molecular weight excluding hydrogens is 420 g/mol. The van der Waals surface area contributed by atoms with Gasteiger partial charge in [0.05, 0.1) is 4.90 Å². The summed E-state index contributed by atoms with van der Waals surface area (Å²) in [4.78, 5) is 19.2. The van der Waals surface area contributed by atoms with E-state index in [2.05, 4.69) is 9.97 Å². The zero-order chi connectivity index (χ0) is 22.6. The fourth-order valence-corrected chi connectivity index (χ4v) is 4.64. The third-order valence-electron chi connectivity index (χ3n) is 4.76. The van der Waals surface area contributed by atoms with Gasteiger partial charge in [-0.2, -0.15) is 4.31 Å². The number of sulfonamides is 1. The molecule has 0 bridgehead atoms. The number of hydroxylamine groups is 1. The number of hydrogen-bond acceptors (Lipinski definition) is 6. The largest absolute Gasteiger partial charge is 0.457 e. The van der Waals surface area contributed by atoms with Crippen LogP contribution in [0.4, 0.5) is 0 Å². The van der Waals surface area contributed by atoms with Gasteiger partial charge in [0.15, 0.2) is 0 Å². The average Bonchev–Trinajstić information content (AvgIpc) is 3.29. The predicted molar refractivity (Wildman–Crippen MR) is 114 cm³/mol. The number of imidazole rings is 1. The van der Waals surface area contributed by atoms with Crippen molar-refractivity contribution in [1.29, 1.82) is 0 Å². The molecule has 3 rings (SSSR count). The molecular formula is C21H24N4O5S. The molecule has 2 aromatic carbocycles. The Balaban J connectivity index is 1.75. The SMILES string of the molecule is CC(C)[C@H](C(=O)NO)N(C)S(=O)(=O)c1ccc(Oc2ccc(-c3ncc[nH]3)cc2)cc1. The van der Waals surface area contributed by atoms with Gasteiger partial charge in [0, 0.05) is 25.0 Å². The van der Waals surface area contributed by atoms with Crippen LogP contribution in [0.15, 0.2) is 65.8 Å². The van der Waals surface area contributed by atoms with Gasteiger partial charge in [0.1, 0.15) is 23.4 Å². The van der Waals surface area contributed by atoms with Crippen LogP contribution in [-0.4, -0.2) is 46.9 Å². The van der Waals surface area contributed by atoms with E-state index in [1.165, 1.54) is 36.8 Å². The van der Waals surface area contributed by atoms with E-state index in [0.717, 1.165) is 15.7 Å². The third-order valence-corrected chi connectivity index (χ3v) is 6.62. The van der Waals surface area contributed by atoms with Gasteiger partial charge < -0.3 is 9.72 Å². The maximum Gasteiger partial charge on any atom is 0.262 e. The van der Waals surface area contributed by atoms with Crippen LogP contribution < -0.4 is 10.2 Å². The highest BCUT2D eigenvalue weighted by Crippen LogP contribution is 2.27. The van der Waals surface area contributed by atoms with Gasteiger partial charge in [0.25, 0.3) is 5.91 Å². The molecule has 3 N–H and O–H groups in total. The highest BCUT2D eigenvalue weighted by atomic mass is 32.2. The van der Waals surface area contributed by atoms with Crippen molar-refractivity contribution in [2.75, 3.05) is 7.05 Å². The third kappa shape index (κ3) is 4.93. The second-order valence-corrected chi connectivity index (χ2v) is 9.22. The Kier molecular flexibility index (Phi) is 6.74. The summed E-state index contributed by atoms with van der Waals surface area (Å²) in [6.45, 7) is 3.39. The second kappa shape index (κ2) is 9.29. The molecule has 0 unspecified atom stereocenters. The molecule has 31 heavy (non-hydrogen) atoms. The molecule has 0 aliphatic carbocycles. The smallest absolute Gasteiger partial charge is 0.262 e. The molecule has 1 heterocycles. The number of ether oxygens (including phenoxy) is 1. The van der Waals surface area contributed by atoms with Crippen LogP contribution in [-0.2, 0) is 14.8 Å². The van der Waals surface area contributed by atoms with Crippen molar-refractivity contribution in [3.8, 4) is 22.9 Å². The minimum atomic E-state index is -3.96. The molecule has 0 radical (unpaired) electrons. The lowest BCUT2D eigenvalue weighted by Crippen LogP contribution is -2.49. The number of carbonyl (C=O) groups is 1. The van der Waals surface area contributed by atoms with Crippen molar-refractivity contribution >= 4 is 15.9 Å². The molecule has 9 nitrogen and oxygen atoms in total. The lowest BCUT2D eigenvalue weighted by atomic mass is 10.0. The number of carbonyl (C=O) groups excluding carboxylic acids is 1. The zero-order valence-electron chi connectivity index (χ0n) is 17.3. The van der Waals surface area contributed by atoms with E-state index in [1.807, 2.05) is 12.1 Å². The number of amides is 1. The van der Waals surface area contributed by atoms with E-state index < -0.39 is 22.0 Å². The van der Waals surface area contributed by atoms with E-state index in [1.54, 1.807) is 38.4 Å². The molecule has 0 saturated heterocycles. The highest BCUT2D eigenvalue weighted by Gasteiger charge is 2.35. The van der Waals surface area contributed by atoms with Crippen LogP contribution in [0.3, 0.4) is 0 Å². The highest BCUT2D eigenvalue weighted by molar-refractivity contribution is 7.89. The monoisotopic (exact) mass is 444 g/mol. The number of likely N-dealkylation sites (N-methyl/N-ethyl adjacent to an activating group) is 1. The maximum atomic E-state index is 12.9. The topological polar surface area (TPSA) is 125 Å². The van der Waals surface area contributed by atoms with Gasteiger partial charge in [0.2, 0.25) is 10.0 Å². The van der Waals surface area contributed by atoms with E-state index in [4.69, 9.17) is 9.94 Å². The molecule has 0 saturated carbocycles. The van der Waals surface area contributed by atoms with Crippen molar-refractivity contribution in [3.05, 3.63) is 60.9 Å². The first-order chi connectivity index (χ1) is 14.7. The molecule has 3 aromatic rings. The quantitative estimate of drug-likeness (QED) is 0.362. The number of hydrogen-bond donors (Lipinski definition) is 3. The van der Waals surface area contributed by atoms with Crippen molar-refractivity contribution in [2.45, 2.75) is 24.8 Å². The Hall–Kier alpha value is -3.21. The molecule has 0 aliphatic rings. The Morgan fingerprint density at radius 2 is 1.68 bits per heavy atom. The number of aromatic nitrogens is 2. The first kappa shape index (κ1) is 22.5. The van der Waals surface area contributed by atoms with Gasteiger partial charge in [-0.3, -0.25) is 10.0 Å². The molecule has 1 aromatic heterocycles. The van der Waals surface area contributed by atoms with Crippen LogP contribution in [0, 0.1) is 5.92 Å². The predicted octanol–water partition coefficient (Wildman–Crippen LogP) is 3.02. The van der Waals surface area contributed by atoms with E-state index >= 15 is 0 Å². The fraction of sp³-hybridized carbons (Fsp3) is 0.238. The Bertz CT molecular complexity index is 1110. The zero-order valence-corrected chi connectivity index (χ0v) is 18.1. The number of rotatable bonds is 8. The minimum Gasteiger partial charge on any atom is -0.457 e. The van der Waals surface area contributed by atoms with E-state index in [-0.39, 0.29) is 10.8 Å². The fourth-order valence-electron chi connectivity index (χ4n) is 3.19. The molecule has 0 fully saturated rings. The number of aromatic amines is 1. The van der Waals surface area contributed by atoms with Gasteiger partial charge in [-0.15, -0.1) is 0 Å². The summed E-state index contributed by atoms with van der Waals surface area (Å²) in [5, 5.41) is 8.94. The summed E-state index contributed by atoms with van der Waals surface area (Å²) in [6, 6.07) is 12.1. The molecule has 0 spiro atoms. The first-order valence-corrected chi connectivity index (χ1v) is 11.0. The van der Waals surface area contributed by atoms with Crippen LogP contribution in [0.2, 0.25) is 0 Å². The normalized spacial score (nSPS) is 12.7. The Labute approximate surface area is 180 Å². The summed E-state index contributed by atoms with van der Waals surface area (Å²) in [7, 11) is -2.66. The molecule has 1 atom stereocenters. The summed E-state index contributed by atoms with van der Waals surface area (Å²) in [5.74, 6) is 0.654. The Morgan fingerprint density at radius 3 is 2.16 bits per heavy atom. The lowest BCUT2D eigenvalue weighted by Gasteiger charge is -2.28. The summed E-state index contributed by atoms with van der Waals surface area (Å²) in [6.07, 6.45) is 3.42. The van der Waals surface area contributed by atoms with Crippen LogP contribution in [0.5, 0.6) is 11.5 Å². The number of nitrogens with zero attached hydrogens (tertiary/aromatic N) is 2. The van der Waals surface area contributed by atoms with Gasteiger partial charge in [-0.05, 0) is 54.4 Å². The summed E-state index contributed by atoms with van der Waals surface area (Å²) in [5.41, 5.74) is 2.44. The standard InChI is InChI=1S/C21H24N4O5S/c1-14(2)19(21(26)24-27)25(3)31(28,29)18-10-8-17(9-11-18)30-16-6-4-15(5-7-16)20-22-12-13-23-20/h4-14,19,27H,1-3H3,(H,22,23)(H,24,26)/t19-/m1/s1.